The Balaban J connectivity index is 2.48. The molecule has 8 heteroatoms. The number of hydrogen-bond acceptors (Lipinski definition) is 4. The minimum Gasteiger partial charge on any atom is -0.397 e. The summed E-state index contributed by atoms with van der Waals surface area (Å²) < 4.78 is 0. The number of nitrogens with zero attached hydrogens (tertiary/aromatic N) is 2. The number of nitrogen functional groups attached to an aromatic ring is 1. The Bertz CT molecular complexity index is 537. The van der Waals surface area contributed by atoms with Gasteiger partial charge < -0.3 is 10.6 Å². The molecule has 1 amide bonds. The molecule has 1 fully saturated rings. The number of nitrogens with two attached hydrogens (primary N) is 1. The van der Waals surface area contributed by atoms with Gasteiger partial charge in [-0.15, -0.1) is 0 Å². The molecule has 1 aromatic carbocycles. The minimum absolute atomic E-state index is 0.0270. The topological polar surface area (TPSA) is 89.5 Å². The first-order chi connectivity index (χ1) is 8.40. The molecule has 2 rings (SSSR count). The van der Waals surface area contributed by atoms with Crippen molar-refractivity contribution in [2.24, 2.45) is 0 Å². The summed E-state index contributed by atoms with van der Waals surface area (Å²) in [6, 6.07) is 2.53. The molecule has 0 aliphatic carbocycles. The average molecular weight is 335 g/mol. The lowest BCUT2D eigenvalue weighted by molar-refractivity contribution is -0.384. The normalized spacial score (nSPS) is 19.3. The van der Waals surface area contributed by atoms with Gasteiger partial charge in [-0.3, -0.25) is 14.9 Å². The Labute approximate surface area is 116 Å². The molecule has 0 radical (unpaired) electrons. The van der Waals surface area contributed by atoms with Crippen molar-refractivity contribution in [1.82, 2.24) is 0 Å². The van der Waals surface area contributed by atoms with Crippen LogP contribution in [0.2, 0.25) is 5.02 Å². The van der Waals surface area contributed by atoms with E-state index >= 15 is 0 Å². The van der Waals surface area contributed by atoms with Gasteiger partial charge >= 0.3 is 0 Å². The number of nitro benzene ring substituents is 1. The maximum atomic E-state index is 11.7. The highest BCUT2D eigenvalue weighted by Crippen LogP contribution is 2.37. The lowest BCUT2D eigenvalue weighted by atomic mass is 10.2. The molecule has 2 N–H and O–H groups in total. The highest BCUT2D eigenvalue weighted by molar-refractivity contribution is 9.09. The van der Waals surface area contributed by atoms with E-state index in [2.05, 4.69) is 15.9 Å². The van der Waals surface area contributed by atoms with E-state index in [1.807, 2.05) is 0 Å². The van der Waals surface area contributed by atoms with Crippen LogP contribution in [0, 0.1) is 10.1 Å². The van der Waals surface area contributed by atoms with Crippen LogP contribution in [0.15, 0.2) is 12.1 Å². The van der Waals surface area contributed by atoms with Crippen LogP contribution in [0.5, 0.6) is 0 Å². The predicted molar refractivity (Wildman–Crippen MR) is 72.2 cm³/mol. The van der Waals surface area contributed by atoms with Gasteiger partial charge in [0.1, 0.15) is 5.02 Å². The molecule has 1 heterocycles. The molecular weight excluding hydrogens is 325 g/mol. The number of halogens is 2. The molecule has 1 saturated heterocycles. The van der Waals surface area contributed by atoms with Crippen LogP contribution < -0.4 is 10.6 Å². The van der Waals surface area contributed by atoms with Gasteiger partial charge in [0.05, 0.1) is 16.3 Å². The van der Waals surface area contributed by atoms with E-state index in [1.165, 1.54) is 17.0 Å². The largest absolute Gasteiger partial charge is 0.397 e. The number of nitro groups is 1. The van der Waals surface area contributed by atoms with E-state index in [0.29, 0.717) is 18.7 Å². The van der Waals surface area contributed by atoms with Crippen LogP contribution in [0.4, 0.5) is 17.1 Å². The van der Waals surface area contributed by atoms with Crippen LogP contribution in [0.3, 0.4) is 0 Å². The molecule has 18 heavy (non-hydrogen) atoms. The molecule has 1 unspecified atom stereocenters. The fourth-order valence-electron chi connectivity index (χ4n) is 1.84. The van der Waals surface area contributed by atoms with Crippen molar-refractivity contribution in [3.63, 3.8) is 0 Å². The summed E-state index contributed by atoms with van der Waals surface area (Å²) >= 11 is 9.07. The van der Waals surface area contributed by atoms with Crippen LogP contribution in [0.1, 0.15) is 6.42 Å². The monoisotopic (exact) mass is 333 g/mol. The third-order valence-corrected chi connectivity index (χ3v) is 3.58. The van der Waals surface area contributed by atoms with Crippen LogP contribution in [-0.4, -0.2) is 22.2 Å². The Morgan fingerprint density at radius 1 is 1.56 bits per heavy atom. The fourth-order valence-corrected chi connectivity index (χ4v) is 2.64. The van der Waals surface area contributed by atoms with Crippen LogP contribution >= 0.6 is 27.5 Å². The standard InChI is InChI=1S/C10H9BrClN3O3/c11-5-1-10(16)14(4-5)9-3-8(15(17)18)6(12)2-7(9)13/h2-3,5H,1,4,13H2. The summed E-state index contributed by atoms with van der Waals surface area (Å²) in [6.07, 6.45) is 0.343. The van der Waals surface area contributed by atoms with Gasteiger partial charge in [-0.05, 0) is 6.07 Å². The molecule has 0 saturated carbocycles. The molecule has 6 nitrogen and oxygen atoms in total. The lowest BCUT2D eigenvalue weighted by Crippen LogP contribution is -2.25. The summed E-state index contributed by atoms with van der Waals surface area (Å²) in [5.41, 5.74) is 6.09. The quantitative estimate of drug-likeness (QED) is 0.389. The Kier molecular flexibility index (Phi) is 3.45. The first kappa shape index (κ1) is 13.1. The average Bonchev–Trinajstić information content (AvgIpc) is 2.57. The van der Waals surface area contributed by atoms with Gasteiger partial charge in [0.2, 0.25) is 5.91 Å². The Hall–Kier alpha value is -1.34. The van der Waals surface area contributed by atoms with Gasteiger partial charge in [0.15, 0.2) is 0 Å². The number of amides is 1. The molecule has 0 spiro atoms. The maximum absolute atomic E-state index is 11.7. The van der Waals surface area contributed by atoms with Gasteiger partial charge in [0, 0.05) is 23.9 Å². The van der Waals surface area contributed by atoms with E-state index < -0.39 is 4.92 Å². The van der Waals surface area contributed by atoms with E-state index in [1.54, 1.807) is 0 Å². The van der Waals surface area contributed by atoms with Crippen molar-refractivity contribution < 1.29 is 9.72 Å². The molecule has 1 aliphatic heterocycles. The van der Waals surface area contributed by atoms with Crippen molar-refractivity contribution in [1.29, 1.82) is 0 Å². The second-order valence-corrected chi connectivity index (χ2v) is 5.63. The number of rotatable bonds is 2. The highest BCUT2D eigenvalue weighted by atomic mass is 79.9. The van der Waals surface area contributed by atoms with Crippen molar-refractivity contribution >= 4 is 50.5 Å². The van der Waals surface area contributed by atoms with Crippen molar-refractivity contribution in [3.05, 3.63) is 27.3 Å². The van der Waals surface area contributed by atoms with Gasteiger partial charge in [-0.25, -0.2) is 0 Å². The number of carbonyl (C=O) groups is 1. The number of anilines is 2. The molecule has 0 aromatic heterocycles. The third kappa shape index (κ3) is 2.28. The molecular formula is C10H9BrClN3O3. The van der Waals surface area contributed by atoms with E-state index in [9.17, 15) is 14.9 Å². The minimum atomic E-state index is -0.600. The number of benzene rings is 1. The van der Waals surface area contributed by atoms with Crippen molar-refractivity contribution in [3.8, 4) is 0 Å². The van der Waals surface area contributed by atoms with E-state index in [0.717, 1.165) is 0 Å². The second kappa shape index (κ2) is 4.74. The van der Waals surface area contributed by atoms with Gasteiger partial charge in [-0.1, -0.05) is 27.5 Å². The zero-order valence-corrected chi connectivity index (χ0v) is 11.4. The lowest BCUT2D eigenvalue weighted by Gasteiger charge is -2.18. The molecule has 0 bridgehead atoms. The van der Waals surface area contributed by atoms with Crippen LogP contribution in [0.25, 0.3) is 0 Å². The zero-order chi connectivity index (χ0) is 13.4. The summed E-state index contributed by atoms with van der Waals surface area (Å²) in [6.45, 7) is 0.432. The van der Waals surface area contributed by atoms with Gasteiger partial charge in [0.25, 0.3) is 5.69 Å². The number of alkyl halides is 1. The van der Waals surface area contributed by atoms with Gasteiger partial charge in [-0.2, -0.15) is 0 Å². The second-order valence-electron chi connectivity index (χ2n) is 3.93. The third-order valence-electron chi connectivity index (χ3n) is 2.66. The zero-order valence-electron chi connectivity index (χ0n) is 9.10. The van der Waals surface area contributed by atoms with E-state index in [-0.39, 0.29) is 27.1 Å². The van der Waals surface area contributed by atoms with E-state index in [4.69, 9.17) is 17.3 Å². The first-order valence-electron chi connectivity index (χ1n) is 5.08. The van der Waals surface area contributed by atoms with Crippen molar-refractivity contribution in [2.45, 2.75) is 11.2 Å². The number of carbonyl (C=O) groups excluding carboxylic acids is 1. The first-order valence-corrected chi connectivity index (χ1v) is 6.37. The highest BCUT2D eigenvalue weighted by Gasteiger charge is 2.31. The number of hydrogen-bond donors (Lipinski definition) is 1. The molecule has 1 aromatic rings. The fraction of sp³-hybridized carbons (Fsp3) is 0.300. The summed E-state index contributed by atoms with van der Waals surface area (Å²) in [5, 5.41) is 10.8. The smallest absolute Gasteiger partial charge is 0.290 e. The molecule has 1 aliphatic rings. The Morgan fingerprint density at radius 3 is 2.72 bits per heavy atom. The Morgan fingerprint density at radius 2 is 2.22 bits per heavy atom. The van der Waals surface area contributed by atoms with Crippen molar-refractivity contribution in [2.75, 3.05) is 17.2 Å². The summed E-state index contributed by atoms with van der Waals surface area (Å²) in [7, 11) is 0. The summed E-state index contributed by atoms with van der Waals surface area (Å²) in [4.78, 5) is 23.4. The maximum Gasteiger partial charge on any atom is 0.290 e. The molecule has 96 valence electrons. The van der Waals surface area contributed by atoms with Crippen LogP contribution in [-0.2, 0) is 4.79 Å². The SMILES string of the molecule is Nc1cc(Cl)c([N+](=O)[O-])cc1N1CC(Br)CC1=O. The predicted octanol–water partition coefficient (Wildman–Crippen LogP) is 2.33. The summed E-state index contributed by atoms with van der Waals surface area (Å²) in [5.74, 6) is -0.125. The molecule has 1 atom stereocenters.